The summed E-state index contributed by atoms with van der Waals surface area (Å²) < 4.78 is 33.5. The third kappa shape index (κ3) is 5.29. The Bertz CT molecular complexity index is 1110. The van der Waals surface area contributed by atoms with Gasteiger partial charge in [-0.1, -0.05) is 44.2 Å². The molecule has 1 amide bonds. The molecule has 0 saturated carbocycles. The minimum Gasteiger partial charge on any atom is -0.487 e. The van der Waals surface area contributed by atoms with Crippen LogP contribution in [0.2, 0.25) is 0 Å². The monoisotopic (exact) mass is 485 g/mol. The van der Waals surface area contributed by atoms with Crippen molar-refractivity contribution in [2.45, 2.75) is 50.5 Å². The van der Waals surface area contributed by atoms with Crippen molar-refractivity contribution in [3.63, 3.8) is 0 Å². The van der Waals surface area contributed by atoms with Crippen molar-refractivity contribution in [2.24, 2.45) is 0 Å². The standard InChI is InChI=1S/C26H35N3O4S/c1-4-26(5-2)18-23(22-8-6-7-9-24(22)33-26)27-25(30)21-12-10-20(11-13-21)19-34(31,32)29-16-14-28(3)15-17-29/h6-13,23H,4-5,14-19H2,1-3H3,(H,27,30)/t23-/m1/s1. The molecule has 0 unspecified atom stereocenters. The van der Waals surface area contributed by atoms with Crippen LogP contribution in [-0.4, -0.2) is 62.4 Å². The molecule has 184 valence electrons. The number of amides is 1. The molecule has 2 heterocycles. The Morgan fingerprint density at radius 3 is 2.32 bits per heavy atom. The number of hydrogen-bond donors (Lipinski definition) is 1. The quantitative estimate of drug-likeness (QED) is 0.649. The predicted octanol–water partition coefficient (Wildman–Crippen LogP) is 3.58. The summed E-state index contributed by atoms with van der Waals surface area (Å²) >= 11 is 0. The second kappa shape index (κ2) is 10.1. The van der Waals surface area contributed by atoms with Crippen molar-refractivity contribution in [1.29, 1.82) is 0 Å². The molecule has 2 aliphatic heterocycles. The van der Waals surface area contributed by atoms with Crippen LogP contribution in [0.5, 0.6) is 5.75 Å². The zero-order valence-corrected chi connectivity index (χ0v) is 21.1. The Hall–Kier alpha value is -2.42. The first kappa shape index (κ1) is 24.7. The predicted molar refractivity (Wildman–Crippen MR) is 133 cm³/mol. The molecule has 0 bridgehead atoms. The number of rotatable bonds is 7. The summed E-state index contributed by atoms with van der Waals surface area (Å²) in [7, 11) is -1.38. The van der Waals surface area contributed by atoms with Gasteiger partial charge in [0, 0.05) is 43.7 Å². The van der Waals surface area contributed by atoms with E-state index in [2.05, 4.69) is 24.1 Å². The van der Waals surface area contributed by atoms with Crippen molar-refractivity contribution in [1.82, 2.24) is 14.5 Å². The van der Waals surface area contributed by atoms with Gasteiger partial charge < -0.3 is 15.0 Å². The molecule has 2 aliphatic rings. The lowest BCUT2D eigenvalue weighted by Crippen LogP contribution is -2.47. The highest BCUT2D eigenvalue weighted by Gasteiger charge is 2.39. The molecule has 1 saturated heterocycles. The third-order valence-electron chi connectivity index (χ3n) is 7.21. The van der Waals surface area contributed by atoms with E-state index in [-0.39, 0.29) is 23.3 Å². The van der Waals surface area contributed by atoms with Gasteiger partial charge in [-0.15, -0.1) is 0 Å². The van der Waals surface area contributed by atoms with Gasteiger partial charge in [0.1, 0.15) is 11.4 Å². The van der Waals surface area contributed by atoms with Crippen molar-refractivity contribution in [3.05, 3.63) is 65.2 Å². The number of ether oxygens (including phenoxy) is 1. The number of hydrogen-bond acceptors (Lipinski definition) is 5. The maximum absolute atomic E-state index is 13.1. The molecule has 0 aromatic heterocycles. The highest BCUT2D eigenvalue weighted by atomic mass is 32.2. The number of nitrogens with zero attached hydrogens (tertiary/aromatic N) is 2. The first-order chi connectivity index (χ1) is 16.2. The SMILES string of the molecule is CCC1(CC)C[C@@H](NC(=O)c2ccc(CS(=O)(=O)N3CCN(C)CC3)cc2)c2ccccc2O1. The van der Waals surface area contributed by atoms with Gasteiger partial charge in [0.15, 0.2) is 0 Å². The lowest BCUT2D eigenvalue weighted by Gasteiger charge is -2.41. The van der Waals surface area contributed by atoms with E-state index in [0.717, 1.165) is 37.2 Å². The fourth-order valence-corrected chi connectivity index (χ4v) is 6.31. The lowest BCUT2D eigenvalue weighted by molar-refractivity contribution is 0.0227. The van der Waals surface area contributed by atoms with Gasteiger partial charge in [0.2, 0.25) is 10.0 Å². The first-order valence-electron chi connectivity index (χ1n) is 12.1. The highest BCUT2D eigenvalue weighted by molar-refractivity contribution is 7.88. The summed E-state index contributed by atoms with van der Waals surface area (Å²) in [6.07, 6.45) is 2.44. The van der Waals surface area contributed by atoms with Gasteiger partial charge in [-0.2, -0.15) is 4.31 Å². The van der Waals surface area contributed by atoms with Crippen LogP contribution < -0.4 is 10.1 Å². The molecule has 0 radical (unpaired) electrons. The second-order valence-corrected chi connectivity index (χ2v) is 11.4. The van der Waals surface area contributed by atoms with Gasteiger partial charge in [0.25, 0.3) is 5.91 Å². The number of nitrogens with one attached hydrogen (secondary N) is 1. The summed E-state index contributed by atoms with van der Waals surface area (Å²) in [6.45, 7) is 6.75. The molecule has 1 fully saturated rings. The van der Waals surface area contributed by atoms with Crippen LogP contribution >= 0.6 is 0 Å². The van der Waals surface area contributed by atoms with Gasteiger partial charge in [-0.25, -0.2) is 8.42 Å². The highest BCUT2D eigenvalue weighted by Crippen LogP contribution is 2.42. The minimum absolute atomic E-state index is 0.0541. The lowest BCUT2D eigenvalue weighted by atomic mass is 9.83. The minimum atomic E-state index is -3.38. The van der Waals surface area contributed by atoms with E-state index in [1.54, 1.807) is 28.6 Å². The summed E-state index contributed by atoms with van der Waals surface area (Å²) in [5.74, 6) is 0.602. The molecule has 0 aliphatic carbocycles. The molecule has 2 aromatic rings. The maximum atomic E-state index is 13.1. The smallest absolute Gasteiger partial charge is 0.251 e. The van der Waals surface area contributed by atoms with E-state index in [1.165, 1.54) is 0 Å². The molecule has 2 aromatic carbocycles. The molecular weight excluding hydrogens is 450 g/mol. The first-order valence-corrected chi connectivity index (χ1v) is 13.7. The second-order valence-electron chi connectivity index (χ2n) is 9.42. The van der Waals surface area contributed by atoms with Crippen LogP contribution in [-0.2, 0) is 15.8 Å². The fraction of sp³-hybridized carbons (Fsp3) is 0.500. The van der Waals surface area contributed by atoms with Gasteiger partial charge in [-0.3, -0.25) is 4.79 Å². The Kier molecular flexibility index (Phi) is 7.31. The van der Waals surface area contributed by atoms with Crippen LogP contribution in [0.4, 0.5) is 0 Å². The normalized spacial score (nSPS) is 20.9. The summed E-state index contributed by atoms with van der Waals surface area (Å²) in [4.78, 5) is 15.2. The van der Waals surface area contributed by atoms with Gasteiger partial charge in [0.05, 0.1) is 11.8 Å². The number of fused-ring (bicyclic) bond motifs is 1. The maximum Gasteiger partial charge on any atom is 0.251 e. The number of likely N-dealkylation sites (N-methyl/N-ethyl adjacent to an activating group) is 1. The van der Waals surface area contributed by atoms with E-state index < -0.39 is 10.0 Å². The summed E-state index contributed by atoms with van der Waals surface area (Å²) in [6, 6.07) is 14.6. The molecule has 0 spiro atoms. The van der Waals surface area contributed by atoms with E-state index >= 15 is 0 Å². The van der Waals surface area contributed by atoms with Crippen LogP contribution in [0, 0.1) is 0 Å². The van der Waals surface area contributed by atoms with Crippen molar-refractivity contribution in [3.8, 4) is 5.75 Å². The molecule has 8 heteroatoms. The summed E-state index contributed by atoms with van der Waals surface area (Å²) in [5.41, 5.74) is 1.89. The van der Waals surface area contributed by atoms with Crippen LogP contribution in [0.3, 0.4) is 0 Å². The molecule has 1 N–H and O–H groups in total. The molecule has 4 rings (SSSR count). The number of carbonyl (C=O) groups is 1. The number of benzene rings is 2. The number of para-hydroxylation sites is 1. The largest absolute Gasteiger partial charge is 0.487 e. The van der Waals surface area contributed by atoms with E-state index in [1.807, 2.05) is 31.3 Å². The van der Waals surface area contributed by atoms with Crippen molar-refractivity contribution < 1.29 is 17.9 Å². The fourth-order valence-electron chi connectivity index (χ4n) is 4.79. The summed E-state index contributed by atoms with van der Waals surface area (Å²) in [5, 5.41) is 3.19. The van der Waals surface area contributed by atoms with Crippen molar-refractivity contribution >= 4 is 15.9 Å². The Morgan fingerprint density at radius 2 is 1.68 bits per heavy atom. The van der Waals surface area contributed by atoms with E-state index in [4.69, 9.17) is 4.74 Å². The molecule has 1 atom stereocenters. The van der Waals surface area contributed by atoms with E-state index in [9.17, 15) is 13.2 Å². The van der Waals surface area contributed by atoms with E-state index in [0.29, 0.717) is 30.6 Å². The zero-order chi connectivity index (χ0) is 24.3. The number of piperazine rings is 1. The van der Waals surface area contributed by atoms with Gasteiger partial charge in [-0.05, 0) is 43.7 Å². The Balaban J connectivity index is 1.45. The van der Waals surface area contributed by atoms with Crippen LogP contribution in [0.25, 0.3) is 0 Å². The van der Waals surface area contributed by atoms with Gasteiger partial charge >= 0.3 is 0 Å². The Labute approximate surface area is 203 Å². The average Bonchev–Trinajstić information content (AvgIpc) is 2.84. The molecule has 7 nitrogen and oxygen atoms in total. The number of sulfonamides is 1. The van der Waals surface area contributed by atoms with Crippen LogP contribution in [0.1, 0.15) is 60.6 Å². The topological polar surface area (TPSA) is 79.0 Å². The van der Waals surface area contributed by atoms with Crippen LogP contribution in [0.15, 0.2) is 48.5 Å². The molecular formula is C26H35N3O4S. The Morgan fingerprint density at radius 1 is 1.03 bits per heavy atom. The third-order valence-corrected chi connectivity index (χ3v) is 9.06. The zero-order valence-electron chi connectivity index (χ0n) is 20.3. The molecule has 34 heavy (non-hydrogen) atoms. The van der Waals surface area contributed by atoms with Crippen molar-refractivity contribution in [2.75, 3.05) is 33.2 Å². The number of carbonyl (C=O) groups excluding carboxylic acids is 1. The average molecular weight is 486 g/mol.